The maximum absolute atomic E-state index is 12.1. The molecule has 0 aromatic carbocycles. The number of carboxylic acid groups (broad SMARTS) is 1. The number of rotatable bonds is 5. The number of thiophene rings is 1. The Bertz CT molecular complexity index is 653. The maximum atomic E-state index is 12.1. The summed E-state index contributed by atoms with van der Waals surface area (Å²) in [5, 5.41) is 15.3. The number of carbonyl (C=O) groups excluding carboxylic acids is 1. The summed E-state index contributed by atoms with van der Waals surface area (Å²) >= 11 is 1.59. The van der Waals surface area contributed by atoms with Gasteiger partial charge in [0.25, 0.3) is 5.91 Å². The van der Waals surface area contributed by atoms with Crippen LogP contribution >= 0.6 is 11.3 Å². The van der Waals surface area contributed by atoms with Crippen LogP contribution in [0.4, 0.5) is 0 Å². The van der Waals surface area contributed by atoms with Gasteiger partial charge in [-0.25, -0.2) is 0 Å². The van der Waals surface area contributed by atoms with Crippen LogP contribution in [0.15, 0.2) is 29.0 Å². The molecular weight excluding hydrogens is 288 g/mol. The van der Waals surface area contributed by atoms with E-state index in [2.05, 4.69) is 10.3 Å². The third-order valence-corrected chi connectivity index (χ3v) is 3.69. The van der Waals surface area contributed by atoms with Crippen LogP contribution in [-0.4, -0.2) is 28.0 Å². The van der Waals surface area contributed by atoms with E-state index in [0.29, 0.717) is 11.3 Å². The number of aliphatic carboxylic acids is 1. The van der Waals surface area contributed by atoms with Crippen LogP contribution in [0.1, 0.15) is 29.4 Å². The number of nitrogens with zero attached hydrogens (tertiary/aromatic N) is 1. The van der Waals surface area contributed by atoms with Gasteiger partial charge in [0.15, 0.2) is 0 Å². The van der Waals surface area contributed by atoms with Crippen LogP contribution < -0.4 is 5.32 Å². The van der Waals surface area contributed by atoms with E-state index in [1.165, 1.54) is 0 Å². The molecule has 0 fully saturated rings. The summed E-state index contributed by atoms with van der Waals surface area (Å²) in [6.07, 6.45) is -0.106. The zero-order valence-electron chi connectivity index (χ0n) is 11.8. The highest BCUT2D eigenvalue weighted by Crippen LogP contribution is 2.21. The zero-order chi connectivity index (χ0) is 15.4. The lowest BCUT2D eigenvalue weighted by atomic mass is 10.1. The number of hydrogen-bond donors (Lipinski definition) is 2. The first-order valence-electron chi connectivity index (χ1n) is 6.50. The van der Waals surface area contributed by atoms with Crippen molar-refractivity contribution in [3.05, 3.63) is 40.2 Å². The summed E-state index contributed by atoms with van der Waals surface area (Å²) in [5.74, 6) is -1.24. The summed E-state index contributed by atoms with van der Waals surface area (Å²) in [6, 6.07) is 5.07. The Kier molecular flexibility index (Phi) is 4.70. The summed E-state index contributed by atoms with van der Waals surface area (Å²) < 4.78 is 0. The van der Waals surface area contributed by atoms with Gasteiger partial charge in [-0.15, -0.1) is 0 Å². The molecule has 0 spiro atoms. The van der Waals surface area contributed by atoms with E-state index in [1.807, 2.05) is 16.8 Å². The first-order valence-corrected chi connectivity index (χ1v) is 7.44. The van der Waals surface area contributed by atoms with Crippen LogP contribution in [-0.2, 0) is 4.79 Å². The van der Waals surface area contributed by atoms with E-state index in [0.717, 1.165) is 11.3 Å². The molecule has 110 valence electrons. The van der Waals surface area contributed by atoms with Gasteiger partial charge >= 0.3 is 5.97 Å². The number of carboxylic acids is 1. The minimum Gasteiger partial charge on any atom is -0.481 e. The zero-order valence-corrected chi connectivity index (χ0v) is 12.6. The normalized spacial score (nSPS) is 11.9. The van der Waals surface area contributed by atoms with Crippen LogP contribution in [0.5, 0.6) is 0 Å². The van der Waals surface area contributed by atoms with Crippen LogP contribution in [0.3, 0.4) is 0 Å². The van der Waals surface area contributed by atoms with E-state index < -0.39 is 12.0 Å². The third-order valence-electron chi connectivity index (χ3n) is 3.01. The number of nitrogens with one attached hydrogen (secondary N) is 1. The smallest absolute Gasteiger partial charge is 0.305 e. The third kappa shape index (κ3) is 3.88. The Morgan fingerprint density at radius 1 is 1.38 bits per heavy atom. The molecule has 2 aromatic rings. The van der Waals surface area contributed by atoms with E-state index in [9.17, 15) is 9.59 Å². The highest BCUT2D eigenvalue weighted by atomic mass is 32.1. The molecule has 1 atom stereocenters. The molecule has 0 saturated heterocycles. The predicted molar refractivity (Wildman–Crippen MR) is 81.5 cm³/mol. The number of carbonyl (C=O) groups is 2. The maximum Gasteiger partial charge on any atom is 0.305 e. The van der Waals surface area contributed by atoms with Crippen molar-refractivity contribution in [3.8, 4) is 11.3 Å². The second-order valence-corrected chi connectivity index (χ2v) is 5.59. The Hall–Kier alpha value is -2.21. The first kappa shape index (κ1) is 15.2. The first-order chi connectivity index (χ1) is 9.97. The summed E-state index contributed by atoms with van der Waals surface area (Å²) in [5.41, 5.74) is 2.93. The average molecular weight is 304 g/mol. The molecule has 0 saturated carbocycles. The lowest BCUT2D eigenvalue weighted by molar-refractivity contribution is -0.137. The molecule has 0 aliphatic rings. The van der Waals surface area contributed by atoms with Crippen molar-refractivity contribution in [3.63, 3.8) is 0 Å². The van der Waals surface area contributed by atoms with E-state index >= 15 is 0 Å². The number of pyridine rings is 1. The van der Waals surface area contributed by atoms with Crippen LogP contribution in [0.25, 0.3) is 11.3 Å². The molecular formula is C15H16N2O3S. The van der Waals surface area contributed by atoms with Crippen molar-refractivity contribution >= 4 is 23.2 Å². The van der Waals surface area contributed by atoms with E-state index in [1.54, 1.807) is 37.3 Å². The second kappa shape index (κ2) is 6.49. The SMILES string of the molecule is Cc1nc(-c2ccsc2)ccc1C(=O)NC(C)CC(=O)O. The van der Waals surface area contributed by atoms with Gasteiger partial charge in [0.2, 0.25) is 0 Å². The fourth-order valence-electron chi connectivity index (χ4n) is 1.99. The lowest BCUT2D eigenvalue weighted by Crippen LogP contribution is -2.34. The average Bonchev–Trinajstić information content (AvgIpc) is 2.90. The van der Waals surface area contributed by atoms with Crippen molar-refractivity contribution in [2.45, 2.75) is 26.3 Å². The van der Waals surface area contributed by atoms with Crippen LogP contribution in [0, 0.1) is 6.92 Å². The molecule has 2 heterocycles. The van der Waals surface area contributed by atoms with Crippen molar-refractivity contribution in [2.75, 3.05) is 0 Å². The molecule has 2 N–H and O–H groups in total. The Balaban J connectivity index is 2.13. The summed E-state index contributed by atoms with van der Waals surface area (Å²) in [4.78, 5) is 27.2. The van der Waals surface area contributed by atoms with Gasteiger partial charge in [0.1, 0.15) is 0 Å². The molecule has 2 aromatic heterocycles. The Labute approximate surface area is 126 Å². The minimum absolute atomic E-state index is 0.106. The molecule has 0 bridgehead atoms. The molecule has 1 amide bonds. The van der Waals surface area contributed by atoms with Gasteiger partial charge in [-0.05, 0) is 37.4 Å². The monoisotopic (exact) mass is 304 g/mol. The standard InChI is InChI=1S/C15H16N2O3S/c1-9(7-14(18)19)16-15(20)12-3-4-13(17-10(12)2)11-5-6-21-8-11/h3-6,8-9H,7H2,1-2H3,(H,16,20)(H,18,19). The molecule has 2 rings (SSSR count). The molecule has 5 nitrogen and oxygen atoms in total. The Morgan fingerprint density at radius 2 is 2.14 bits per heavy atom. The lowest BCUT2D eigenvalue weighted by Gasteiger charge is -2.13. The topological polar surface area (TPSA) is 79.3 Å². The molecule has 0 aliphatic heterocycles. The largest absolute Gasteiger partial charge is 0.481 e. The van der Waals surface area contributed by atoms with Gasteiger partial charge in [-0.3, -0.25) is 14.6 Å². The molecule has 0 aliphatic carbocycles. The fourth-order valence-corrected chi connectivity index (χ4v) is 2.64. The van der Waals surface area contributed by atoms with Crippen LogP contribution in [0.2, 0.25) is 0 Å². The van der Waals surface area contributed by atoms with Crippen molar-refractivity contribution < 1.29 is 14.7 Å². The summed E-state index contributed by atoms with van der Waals surface area (Å²) in [6.45, 7) is 3.43. The van der Waals surface area contributed by atoms with Gasteiger partial charge in [-0.2, -0.15) is 11.3 Å². The quantitative estimate of drug-likeness (QED) is 0.890. The number of aromatic nitrogens is 1. The molecule has 1 unspecified atom stereocenters. The highest BCUT2D eigenvalue weighted by Gasteiger charge is 2.15. The molecule has 0 radical (unpaired) electrons. The van der Waals surface area contributed by atoms with Crippen molar-refractivity contribution in [1.82, 2.24) is 10.3 Å². The number of hydrogen-bond acceptors (Lipinski definition) is 4. The fraction of sp³-hybridized carbons (Fsp3) is 0.267. The van der Waals surface area contributed by atoms with E-state index in [4.69, 9.17) is 5.11 Å². The second-order valence-electron chi connectivity index (χ2n) is 4.81. The van der Waals surface area contributed by atoms with Gasteiger partial charge in [-0.1, -0.05) is 0 Å². The van der Waals surface area contributed by atoms with E-state index in [-0.39, 0.29) is 12.3 Å². The predicted octanol–water partition coefficient (Wildman–Crippen LogP) is 2.71. The van der Waals surface area contributed by atoms with Gasteiger partial charge in [0, 0.05) is 17.0 Å². The number of amides is 1. The van der Waals surface area contributed by atoms with Crippen molar-refractivity contribution in [1.29, 1.82) is 0 Å². The van der Waals surface area contributed by atoms with Gasteiger partial charge < -0.3 is 10.4 Å². The summed E-state index contributed by atoms with van der Waals surface area (Å²) in [7, 11) is 0. The minimum atomic E-state index is -0.939. The number of aryl methyl sites for hydroxylation is 1. The molecule has 21 heavy (non-hydrogen) atoms. The highest BCUT2D eigenvalue weighted by molar-refractivity contribution is 7.08. The Morgan fingerprint density at radius 3 is 2.71 bits per heavy atom. The molecule has 6 heteroatoms. The van der Waals surface area contributed by atoms with Gasteiger partial charge in [0.05, 0.1) is 23.4 Å². The van der Waals surface area contributed by atoms with Crippen molar-refractivity contribution in [2.24, 2.45) is 0 Å².